The van der Waals surface area contributed by atoms with E-state index in [9.17, 15) is 4.39 Å². The van der Waals surface area contributed by atoms with Gasteiger partial charge in [0.25, 0.3) is 0 Å². The first kappa shape index (κ1) is 6.73. The first-order valence-corrected chi connectivity index (χ1v) is 4.06. The number of nitrogens with zero attached hydrogens (tertiary/aromatic N) is 1. The van der Waals surface area contributed by atoms with Crippen LogP contribution in [-0.2, 0) is 0 Å². The highest BCUT2D eigenvalue weighted by atomic mass is 32.1. The molecular formula is C8H6FNS. The van der Waals surface area contributed by atoms with Crippen molar-refractivity contribution in [2.75, 3.05) is 0 Å². The van der Waals surface area contributed by atoms with Crippen LogP contribution in [0.1, 0.15) is 5.56 Å². The molecule has 0 aliphatic heterocycles. The van der Waals surface area contributed by atoms with Gasteiger partial charge in [-0.2, -0.15) is 4.37 Å². The van der Waals surface area contributed by atoms with Crippen LogP contribution >= 0.6 is 11.5 Å². The van der Waals surface area contributed by atoms with Gasteiger partial charge in [-0.3, -0.25) is 0 Å². The highest BCUT2D eigenvalue weighted by molar-refractivity contribution is 7.13. The van der Waals surface area contributed by atoms with Crippen molar-refractivity contribution >= 4 is 21.6 Å². The van der Waals surface area contributed by atoms with E-state index in [1.54, 1.807) is 19.2 Å². The van der Waals surface area contributed by atoms with Gasteiger partial charge in [0, 0.05) is 11.6 Å². The van der Waals surface area contributed by atoms with Gasteiger partial charge in [-0.15, -0.1) is 0 Å². The average molecular weight is 167 g/mol. The molecule has 1 nitrogen and oxygen atoms in total. The lowest BCUT2D eigenvalue weighted by atomic mass is 10.2. The molecule has 0 fully saturated rings. The normalized spacial score (nSPS) is 10.7. The van der Waals surface area contributed by atoms with E-state index in [-0.39, 0.29) is 5.82 Å². The van der Waals surface area contributed by atoms with E-state index in [0.717, 1.165) is 5.39 Å². The lowest BCUT2D eigenvalue weighted by molar-refractivity contribution is 0.632. The van der Waals surface area contributed by atoms with Crippen molar-refractivity contribution in [3.05, 3.63) is 29.7 Å². The van der Waals surface area contributed by atoms with E-state index in [4.69, 9.17) is 0 Å². The van der Waals surface area contributed by atoms with Gasteiger partial charge in [0.2, 0.25) is 0 Å². The molecule has 1 heterocycles. The molecule has 0 saturated carbocycles. The molecule has 3 heteroatoms. The third-order valence-corrected chi connectivity index (χ3v) is 2.46. The summed E-state index contributed by atoms with van der Waals surface area (Å²) in [6.07, 6.45) is 1.68. The van der Waals surface area contributed by atoms with Crippen LogP contribution in [0.5, 0.6) is 0 Å². The van der Waals surface area contributed by atoms with Crippen LogP contribution in [0.15, 0.2) is 18.3 Å². The number of aryl methyl sites for hydroxylation is 1. The van der Waals surface area contributed by atoms with E-state index in [1.807, 2.05) is 6.07 Å². The van der Waals surface area contributed by atoms with Crippen LogP contribution in [0.2, 0.25) is 0 Å². The molecule has 1 aromatic heterocycles. The Morgan fingerprint density at radius 2 is 2.27 bits per heavy atom. The molecule has 0 unspecified atom stereocenters. The van der Waals surface area contributed by atoms with E-state index >= 15 is 0 Å². The molecule has 2 rings (SSSR count). The Morgan fingerprint density at radius 1 is 1.45 bits per heavy atom. The van der Waals surface area contributed by atoms with Gasteiger partial charge in [-0.05, 0) is 24.0 Å². The third kappa shape index (κ3) is 0.922. The van der Waals surface area contributed by atoms with Crippen LogP contribution in [0.4, 0.5) is 4.39 Å². The van der Waals surface area contributed by atoms with E-state index in [2.05, 4.69) is 4.37 Å². The summed E-state index contributed by atoms with van der Waals surface area (Å²) in [7, 11) is 0. The van der Waals surface area contributed by atoms with E-state index < -0.39 is 0 Å². The molecule has 0 saturated heterocycles. The zero-order valence-corrected chi connectivity index (χ0v) is 6.78. The lowest BCUT2D eigenvalue weighted by Gasteiger charge is -1.94. The second-order valence-electron chi connectivity index (χ2n) is 2.44. The zero-order valence-electron chi connectivity index (χ0n) is 5.97. The zero-order chi connectivity index (χ0) is 7.84. The van der Waals surface area contributed by atoms with Gasteiger partial charge in [-0.1, -0.05) is 12.1 Å². The number of aromatic nitrogens is 1. The van der Waals surface area contributed by atoms with Crippen LogP contribution < -0.4 is 0 Å². The fraction of sp³-hybridized carbons (Fsp3) is 0.125. The Bertz CT molecular complexity index is 394. The standard InChI is InChI=1S/C8H6FNS/c1-5-2-3-6-4-10-11-8(6)7(5)9/h2-4H,1H3. The summed E-state index contributed by atoms with van der Waals surface area (Å²) in [5.41, 5.74) is 0.682. The maximum Gasteiger partial charge on any atom is 0.145 e. The van der Waals surface area contributed by atoms with Gasteiger partial charge in [0.15, 0.2) is 0 Å². The van der Waals surface area contributed by atoms with Crippen LogP contribution in [0.25, 0.3) is 10.1 Å². The predicted octanol–water partition coefficient (Wildman–Crippen LogP) is 2.74. The van der Waals surface area contributed by atoms with Gasteiger partial charge >= 0.3 is 0 Å². The fourth-order valence-electron chi connectivity index (χ4n) is 1.000. The molecule has 0 aliphatic carbocycles. The number of rotatable bonds is 0. The smallest absolute Gasteiger partial charge is 0.145 e. The third-order valence-electron chi connectivity index (χ3n) is 1.66. The van der Waals surface area contributed by atoms with Crippen molar-refractivity contribution in [3.63, 3.8) is 0 Å². The summed E-state index contributed by atoms with van der Waals surface area (Å²) in [6.45, 7) is 1.76. The molecule has 0 atom stereocenters. The van der Waals surface area contributed by atoms with E-state index in [0.29, 0.717) is 10.3 Å². The van der Waals surface area contributed by atoms with Crippen molar-refractivity contribution in [3.8, 4) is 0 Å². The summed E-state index contributed by atoms with van der Waals surface area (Å²) in [6, 6.07) is 3.66. The Kier molecular flexibility index (Phi) is 1.39. The van der Waals surface area contributed by atoms with Crippen molar-refractivity contribution in [2.45, 2.75) is 6.92 Å². The topological polar surface area (TPSA) is 12.9 Å². The Hall–Kier alpha value is -0.960. The van der Waals surface area contributed by atoms with Gasteiger partial charge in [-0.25, -0.2) is 4.39 Å². The summed E-state index contributed by atoms with van der Waals surface area (Å²) in [4.78, 5) is 0. The van der Waals surface area contributed by atoms with Gasteiger partial charge < -0.3 is 0 Å². The lowest BCUT2D eigenvalue weighted by Crippen LogP contribution is -1.79. The molecule has 0 bridgehead atoms. The average Bonchev–Trinajstić information content (AvgIpc) is 2.45. The monoisotopic (exact) mass is 167 g/mol. The molecule has 1 aromatic carbocycles. The molecular weight excluding hydrogens is 161 g/mol. The SMILES string of the molecule is Cc1ccc2cnsc2c1F. The minimum atomic E-state index is -0.134. The molecule has 11 heavy (non-hydrogen) atoms. The Labute approximate surface area is 67.6 Å². The van der Waals surface area contributed by atoms with Gasteiger partial charge in [0.1, 0.15) is 5.82 Å². The highest BCUT2D eigenvalue weighted by Crippen LogP contribution is 2.23. The van der Waals surface area contributed by atoms with Crippen molar-refractivity contribution in [1.29, 1.82) is 0 Å². The molecule has 0 amide bonds. The summed E-state index contributed by atoms with van der Waals surface area (Å²) in [5, 5.41) is 0.887. The van der Waals surface area contributed by atoms with Crippen molar-refractivity contribution in [1.82, 2.24) is 4.37 Å². The van der Waals surface area contributed by atoms with Crippen LogP contribution in [0.3, 0.4) is 0 Å². The fourth-order valence-corrected chi connectivity index (χ4v) is 1.74. The molecule has 0 aliphatic rings. The second kappa shape index (κ2) is 2.27. The first-order valence-electron chi connectivity index (χ1n) is 3.28. The first-order chi connectivity index (χ1) is 5.29. The summed E-state index contributed by atoms with van der Waals surface area (Å²) < 4.78 is 17.8. The molecule has 0 spiro atoms. The highest BCUT2D eigenvalue weighted by Gasteiger charge is 2.04. The number of hydrogen-bond donors (Lipinski definition) is 0. The number of benzene rings is 1. The number of hydrogen-bond acceptors (Lipinski definition) is 2. The van der Waals surface area contributed by atoms with E-state index in [1.165, 1.54) is 11.5 Å². The van der Waals surface area contributed by atoms with Crippen LogP contribution in [0, 0.1) is 12.7 Å². The largest absolute Gasteiger partial charge is 0.205 e. The summed E-state index contributed by atoms with van der Waals surface area (Å²) >= 11 is 1.20. The Morgan fingerprint density at radius 3 is 3.09 bits per heavy atom. The predicted molar refractivity (Wildman–Crippen MR) is 44.3 cm³/mol. The van der Waals surface area contributed by atoms with Crippen molar-refractivity contribution in [2.24, 2.45) is 0 Å². The number of fused-ring (bicyclic) bond motifs is 1. The number of halogens is 1. The second-order valence-corrected chi connectivity index (χ2v) is 3.24. The van der Waals surface area contributed by atoms with Crippen LogP contribution in [-0.4, -0.2) is 4.37 Å². The quantitative estimate of drug-likeness (QED) is 0.588. The minimum Gasteiger partial charge on any atom is -0.205 e. The maximum absolute atomic E-state index is 13.2. The molecule has 0 radical (unpaired) electrons. The van der Waals surface area contributed by atoms with Crippen molar-refractivity contribution < 1.29 is 4.39 Å². The molecule has 0 N–H and O–H groups in total. The Balaban J connectivity index is 2.93. The maximum atomic E-state index is 13.2. The molecule has 2 aromatic rings. The minimum absolute atomic E-state index is 0.134. The summed E-state index contributed by atoms with van der Waals surface area (Å²) in [5.74, 6) is -0.134. The molecule has 56 valence electrons. The van der Waals surface area contributed by atoms with Gasteiger partial charge in [0.05, 0.1) is 4.70 Å².